The van der Waals surface area contributed by atoms with Crippen LogP contribution in [0.15, 0.2) is 52.7 Å². The minimum Gasteiger partial charge on any atom is -0.322 e. The summed E-state index contributed by atoms with van der Waals surface area (Å²) in [5, 5.41) is 0.972. The van der Waals surface area contributed by atoms with Crippen molar-refractivity contribution in [2.24, 2.45) is 0 Å². The van der Waals surface area contributed by atoms with Crippen LogP contribution in [0.25, 0.3) is 10.9 Å². The van der Waals surface area contributed by atoms with Crippen molar-refractivity contribution in [2.45, 2.75) is 10.5 Å². The minimum atomic E-state index is -5.82. The quantitative estimate of drug-likeness (QED) is 0.695. The molecule has 1 aromatic carbocycles. The van der Waals surface area contributed by atoms with Gasteiger partial charge in [-0.1, -0.05) is 0 Å². The summed E-state index contributed by atoms with van der Waals surface area (Å²) in [4.78, 5) is 33.6. The SMILES string of the molecule is O=C(Nc1ccc2nc[nH]c(=O)c2c1)c1cccnc1S(=O)(=O)C(F)(F)F. The molecule has 140 valence electrons. The van der Waals surface area contributed by atoms with Crippen molar-refractivity contribution in [1.82, 2.24) is 15.0 Å². The number of alkyl halides is 3. The van der Waals surface area contributed by atoms with Crippen LogP contribution in [0, 0.1) is 0 Å². The number of carbonyl (C=O) groups excluding carboxylic acids is 1. The lowest BCUT2D eigenvalue weighted by atomic mass is 10.2. The second-order valence-corrected chi connectivity index (χ2v) is 7.08. The largest absolute Gasteiger partial charge is 0.503 e. The van der Waals surface area contributed by atoms with Crippen LogP contribution in [0.3, 0.4) is 0 Å². The van der Waals surface area contributed by atoms with Crippen LogP contribution in [-0.4, -0.2) is 34.8 Å². The molecule has 3 rings (SSSR count). The van der Waals surface area contributed by atoms with E-state index in [0.717, 1.165) is 18.3 Å². The van der Waals surface area contributed by atoms with Gasteiger partial charge in [-0.05, 0) is 30.3 Å². The highest BCUT2D eigenvalue weighted by Crippen LogP contribution is 2.31. The normalized spacial score (nSPS) is 12.1. The first-order chi connectivity index (χ1) is 12.6. The Balaban J connectivity index is 2.01. The van der Waals surface area contributed by atoms with Crippen molar-refractivity contribution in [1.29, 1.82) is 0 Å². The van der Waals surface area contributed by atoms with Crippen LogP contribution in [0.4, 0.5) is 18.9 Å². The number of hydrogen-bond donors (Lipinski definition) is 2. The molecule has 0 spiro atoms. The number of hydrogen-bond acceptors (Lipinski definition) is 6. The molecule has 0 unspecified atom stereocenters. The van der Waals surface area contributed by atoms with Gasteiger partial charge < -0.3 is 10.3 Å². The van der Waals surface area contributed by atoms with E-state index in [-0.39, 0.29) is 11.1 Å². The van der Waals surface area contributed by atoms with Gasteiger partial charge in [0.2, 0.25) is 0 Å². The summed E-state index contributed by atoms with van der Waals surface area (Å²) in [6, 6.07) is 6.06. The monoisotopic (exact) mass is 398 g/mol. The van der Waals surface area contributed by atoms with Crippen molar-refractivity contribution in [2.75, 3.05) is 5.32 Å². The number of H-pyrrole nitrogens is 1. The van der Waals surface area contributed by atoms with Crippen molar-refractivity contribution in [3.63, 3.8) is 0 Å². The van der Waals surface area contributed by atoms with E-state index in [4.69, 9.17) is 0 Å². The van der Waals surface area contributed by atoms with Crippen molar-refractivity contribution < 1.29 is 26.4 Å². The maximum atomic E-state index is 12.8. The molecule has 1 amide bonds. The molecule has 0 fully saturated rings. The van der Waals surface area contributed by atoms with Gasteiger partial charge in [-0.25, -0.2) is 18.4 Å². The summed E-state index contributed by atoms with van der Waals surface area (Å²) in [6.45, 7) is 0. The number of amides is 1. The molecule has 2 aromatic heterocycles. The molecular weight excluding hydrogens is 389 g/mol. The number of aromatic nitrogens is 3. The van der Waals surface area contributed by atoms with E-state index < -0.39 is 37.4 Å². The molecule has 0 atom stereocenters. The molecule has 3 aromatic rings. The first-order valence-electron chi connectivity index (χ1n) is 7.16. The Labute approximate surface area is 149 Å². The third-order valence-corrected chi connectivity index (χ3v) is 4.92. The first-order valence-corrected chi connectivity index (χ1v) is 8.65. The molecule has 2 heterocycles. The van der Waals surface area contributed by atoms with E-state index in [9.17, 15) is 31.2 Å². The second-order valence-electron chi connectivity index (χ2n) is 5.22. The summed E-state index contributed by atoms with van der Waals surface area (Å²) in [7, 11) is -5.82. The predicted octanol–water partition coefficient (Wildman–Crippen LogP) is 1.86. The molecular formula is C15H9F3N4O4S. The Hall–Kier alpha value is -3.28. The highest BCUT2D eigenvalue weighted by atomic mass is 32.2. The zero-order valence-corrected chi connectivity index (χ0v) is 13.9. The van der Waals surface area contributed by atoms with Crippen molar-refractivity contribution in [3.8, 4) is 0 Å². The van der Waals surface area contributed by atoms with E-state index >= 15 is 0 Å². The number of pyridine rings is 1. The molecule has 2 N–H and O–H groups in total. The maximum Gasteiger partial charge on any atom is 0.503 e. The molecule has 0 saturated heterocycles. The predicted molar refractivity (Wildman–Crippen MR) is 87.8 cm³/mol. The average molecular weight is 398 g/mol. The minimum absolute atomic E-state index is 0.0604. The highest BCUT2D eigenvalue weighted by Gasteiger charge is 2.49. The zero-order valence-electron chi connectivity index (χ0n) is 13.1. The highest BCUT2D eigenvalue weighted by molar-refractivity contribution is 7.92. The van der Waals surface area contributed by atoms with Crippen LogP contribution >= 0.6 is 0 Å². The number of nitrogens with one attached hydrogen (secondary N) is 2. The maximum absolute atomic E-state index is 12.8. The molecule has 0 aliphatic carbocycles. The second kappa shape index (κ2) is 6.46. The van der Waals surface area contributed by atoms with Crippen LogP contribution in [0.2, 0.25) is 0 Å². The number of aromatic amines is 1. The molecule has 0 aliphatic rings. The van der Waals surface area contributed by atoms with Gasteiger partial charge in [-0.2, -0.15) is 13.2 Å². The summed E-state index contributed by atoms with van der Waals surface area (Å²) < 4.78 is 61.7. The molecule has 0 bridgehead atoms. The summed E-state index contributed by atoms with van der Waals surface area (Å²) in [6.07, 6.45) is 2.02. The molecule has 0 radical (unpaired) electrons. The van der Waals surface area contributed by atoms with Crippen LogP contribution in [0.5, 0.6) is 0 Å². The molecule has 27 heavy (non-hydrogen) atoms. The number of benzene rings is 1. The van der Waals surface area contributed by atoms with Gasteiger partial charge in [0, 0.05) is 11.9 Å². The number of anilines is 1. The molecule has 0 saturated carbocycles. The third kappa shape index (κ3) is 3.38. The smallest absolute Gasteiger partial charge is 0.322 e. The number of nitrogens with zero attached hydrogens (tertiary/aromatic N) is 2. The van der Waals surface area contributed by atoms with Gasteiger partial charge in [-0.3, -0.25) is 9.59 Å². The van der Waals surface area contributed by atoms with E-state index in [2.05, 4.69) is 20.3 Å². The lowest BCUT2D eigenvalue weighted by Crippen LogP contribution is -2.27. The van der Waals surface area contributed by atoms with Crippen LogP contribution in [0.1, 0.15) is 10.4 Å². The Kier molecular flexibility index (Phi) is 4.43. The average Bonchev–Trinajstić information content (AvgIpc) is 2.61. The van der Waals surface area contributed by atoms with E-state index in [1.54, 1.807) is 0 Å². The Morgan fingerprint density at radius 1 is 1.15 bits per heavy atom. The van der Waals surface area contributed by atoms with Gasteiger partial charge in [0.05, 0.1) is 22.8 Å². The van der Waals surface area contributed by atoms with Gasteiger partial charge in [0.25, 0.3) is 21.3 Å². The van der Waals surface area contributed by atoms with Gasteiger partial charge in [0.15, 0.2) is 5.03 Å². The number of halogens is 3. The van der Waals surface area contributed by atoms with E-state index in [0.29, 0.717) is 5.52 Å². The number of carbonyl (C=O) groups is 1. The molecule has 8 nitrogen and oxygen atoms in total. The van der Waals surface area contributed by atoms with Crippen molar-refractivity contribution in [3.05, 3.63) is 58.8 Å². The Bertz CT molecular complexity index is 1210. The number of rotatable bonds is 3. The van der Waals surface area contributed by atoms with Crippen molar-refractivity contribution >= 4 is 32.3 Å². The fourth-order valence-electron chi connectivity index (χ4n) is 2.23. The Morgan fingerprint density at radius 3 is 2.59 bits per heavy atom. The van der Waals surface area contributed by atoms with Crippen LogP contribution < -0.4 is 10.9 Å². The topological polar surface area (TPSA) is 122 Å². The fraction of sp³-hybridized carbons (Fsp3) is 0.0667. The first kappa shape index (κ1) is 18.5. The third-order valence-electron chi connectivity index (χ3n) is 3.47. The summed E-state index contributed by atoms with van der Waals surface area (Å²) in [5.74, 6) is -1.13. The zero-order chi connectivity index (χ0) is 19.8. The van der Waals surface area contributed by atoms with Gasteiger partial charge >= 0.3 is 5.51 Å². The van der Waals surface area contributed by atoms with Gasteiger partial charge in [0.1, 0.15) is 0 Å². The summed E-state index contributed by atoms with van der Waals surface area (Å²) >= 11 is 0. The van der Waals surface area contributed by atoms with E-state index in [1.807, 2.05) is 0 Å². The van der Waals surface area contributed by atoms with Crippen LogP contribution in [-0.2, 0) is 9.84 Å². The lowest BCUT2D eigenvalue weighted by molar-refractivity contribution is -0.0438. The van der Waals surface area contributed by atoms with E-state index in [1.165, 1.54) is 24.5 Å². The molecule has 0 aliphatic heterocycles. The Morgan fingerprint density at radius 2 is 1.89 bits per heavy atom. The lowest BCUT2D eigenvalue weighted by Gasteiger charge is -2.12. The van der Waals surface area contributed by atoms with Gasteiger partial charge in [-0.15, -0.1) is 0 Å². The summed E-state index contributed by atoms with van der Waals surface area (Å²) in [5.41, 5.74) is -6.49. The number of sulfone groups is 1. The number of fused-ring (bicyclic) bond motifs is 1. The fourth-order valence-corrected chi connectivity index (χ4v) is 3.10. The standard InChI is InChI=1S/C15H9F3N4O4S/c16-15(17,18)27(25,26)14-9(2-1-5-19-14)13(24)22-8-3-4-11-10(6-8)12(23)21-7-20-11/h1-7H,(H,22,24)(H,20,21,23). The molecule has 12 heteroatoms.